The van der Waals surface area contributed by atoms with E-state index < -0.39 is 0 Å². The highest BCUT2D eigenvalue weighted by molar-refractivity contribution is 5.16. The van der Waals surface area contributed by atoms with Gasteiger partial charge in [-0.15, -0.1) is 0 Å². The summed E-state index contributed by atoms with van der Waals surface area (Å²) in [7, 11) is 3.95. The molecule has 4 heteroatoms. The Bertz CT molecular complexity index is 465. The van der Waals surface area contributed by atoms with Crippen LogP contribution in [-0.2, 0) is 13.6 Å². The van der Waals surface area contributed by atoms with Gasteiger partial charge in [0.2, 0.25) is 0 Å². The molecule has 2 aromatic rings. The number of hydrogen-bond donors (Lipinski definition) is 1. The molecule has 0 spiro atoms. The first-order valence-electron chi connectivity index (χ1n) is 6.04. The van der Waals surface area contributed by atoms with Gasteiger partial charge in [0.1, 0.15) is 0 Å². The third kappa shape index (κ3) is 2.77. The summed E-state index contributed by atoms with van der Waals surface area (Å²) < 4.78 is 4.01. The molecule has 0 bridgehead atoms. The summed E-state index contributed by atoms with van der Waals surface area (Å²) in [5, 5.41) is 7.70. The minimum absolute atomic E-state index is 0.444. The van der Waals surface area contributed by atoms with Gasteiger partial charge in [0, 0.05) is 31.7 Å². The minimum Gasteiger partial charge on any atom is -0.348 e. The number of rotatable bonds is 5. The van der Waals surface area contributed by atoms with Gasteiger partial charge in [-0.2, -0.15) is 5.10 Å². The van der Waals surface area contributed by atoms with Crippen molar-refractivity contribution < 1.29 is 0 Å². The Morgan fingerprint density at radius 2 is 2.18 bits per heavy atom. The van der Waals surface area contributed by atoms with Gasteiger partial charge in [0.05, 0.1) is 12.2 Å². The molecule has 1 atom stereocenters. The molecule has 0 aliphatic heterocycles. The number of aromatic nitrogens is 3. The lowest BCUT2D eigenvalue weighted by atomic mass is 10.1. The van der Waals surface area contributed by atoms with E-state index in [1.165, 1.54) is 5.56 Å². The molecule has 92 valence electrons. The van der Waals surface area contributed by atoms with E-state index in [0.29, 0.717) is 6.04 Å². The fraction of sp³-hybridized carbons (Fsp3) is 0.462. The largest absolute Gasteiger partial charge is 0.348 e. The predicted molar refractivity (Wildman–Crippen MR) is 68.8 cm³/mol. The molecular weight excluding hydrogens is 212 g/mol. The smallest absolute Gasteiger partial charge is 0.0821 e. The van der Waals surface area contributed by atoms with Crippen molar-refractivity contribution >= 4 is 0 Å². The van der Waals surface area contributed by atoms with Crippen LogP contribution in [0.15, 0.2) is 30.7 Å². The summed E-state index contributed by atoms with van der Waals surface area (Å²) in [6.45, 7) is 3.03. The lowest BCUT2D eigenvalue weighted by Crippen LogP contribution is -2.14. The van der Waals surface area contributed by atoms with E-state index in [1.807, 2.05) is 25.0 Å². The Labute approximate surface area is 102 Å². The summed E-state index contributed by atoms with van der Waals surface area (Å²) >= 11 is 0. The van der Waals surface area contributed by atoms with Crippen LogP contribution in [0.5, 0.6) is 0 Å². The summed E-state index contributed by atoms with van der Waals surface area (Å²) in [4.78, 5) is 0. The minimum atomic E-state index is 0.444. The molecule has 0 aliphatic carbocycles. The van der Waals surface area contributed by atoms with Gasteiger partial charge < -0.3 is 9.88 Å². The van der Waals surface area contributed by atoms with E-state index in [-0.39, 0.29) is 0 Å². The fourth-order valence-corrected chi connectivity index (χ4v) is 2.10. The molecule has 0 fully saturated rings. The third-order valence-corrected chi connectivity index (χ3v) is 3.05. The van der Waals surface area contributed by atoms with Crippen molar-refractivity contribution in [3.63, 3.8) is 0 Å². The first-order valence-corrected chi connectivity index (χ1v) is 6.04. The second-order valence-corrected chi connectivity index (χ2v) is 4.35. The normalized spacial score (nSPS) is 12.9. The molecule has 1 unspecified atom stereocenters. The van der Waals surface area contributed by atoms with E-state index >= 15 is 0 Å². The van der Waals surface area contributed by atoms with Crippen molar-refractivity contribution in [2.24, 2.45) is 7.05 Å². The Morgan fingerprint density at radius 3 is 2.76 bits per heavy atom. The van der Waals surface area contributed by atoms with E-state index in [9.17, 15) is 0 Å². The van der Waals surface area contributed by atoms with Crippen molar-refractivity contribution in [1.82, 2.24) is 19.7 Å². The van der Waals surface area contributed by atoms with Crippen LogP contribution in [0.2, 0.25) is 0 Å². The maximum Gasteiger partial charge on any atom is 0.0821 e. The quantitative estimate of drug-likeness (QED) is 0.855. The van der Waals surface area contributed by atoms with Gasteiger partial charge in [-0.1, -0.05) is 6.92 Å². The van der Waals surface area contributed by atoms with Gasteiger partial charge in [-0.3, -0.25) is 4.68 Å². The first kappa shape index (κ1) is 11.9. The maximum absolute atomic E-state index is 4.38. The number of nitrogens with zero attached hydrogens (tertiary/aromatic N) is 3. The van der Waals surface area contributed by atoms with Crippen molar-refractivity contribution in [1.29, 1.82) is 0 Å². The molecule has 4 nitrogen and oxygen atoms in total. The van der Waals surface area contributed by atoms with Gasteiger partial charge in [-0.05, 0) is 31.2 Å². The molecular formula is C13H20N4. The average Bonchev–Trinajstić information content (AvgIpc) is 2.91. The van der Waals surface area contributed by atoms with Crippen LogP contribution < -0.4 is 5.32 Å². The Hall–Kier alpha value is -1.55. The standard InChI is InChI=1S/C13H20N4/c1-4-13(14-2)11-5-8-17(9-11)10-12-6-7-16(3)15-12/h5-9,13-14H,4,10H2,1-3H3. The maximum atomic E-state index is 4.38. The molecule has 0 amide bonds. The zero-order chi connectivity index (χ0) is 12.3. The molecule has 2 aromatic heterocycles. The zero-order valence-electron chi connectivity index (χ0n) is 10.7. The van der Waals surface area contributed by atoms with Crippen LogP contribution in [0.3, 0.4) is 0 Å². The second-order valence-electron chi connectivity index (χ2n) is 4.35. The fourth-order valence-electron chi connectivity index (χ4n) is 2.10. The topological polar surface area (TPSA) is 34.8 Å². The molecule has 0 aliphatic rings. The molecule has 1 N–H and O–H groups in total. The Balaban J connectivity index is 2.08. The Kier molecular flexibility index (Phi) is 3.64. The predicted octanol–water partition coefficient (Wildman–Crippen LogP) is 1.94. The monoisotopic (exact) mass is 232 g/mol. The van der Waals surface area contributed by atoms with E-state index in [0.717, 1.165) is 18.7 Å². The van der Waals surface area contributed by atoms with Crippen LogP contribution >= 0.6 is 0 Å². The Morgan fingerprint density at radius 1 is 1.35 bits per heavy atom. The van der Waals surface area contributed by atoms with Gasteiger partial charge in [0.25, 0.3) is 0 Å². The number of hydrogen-bond acceptors (Lipinski definition) is 2. The summed E-state index contributed by atoms with van der Waals surface area (Å²) in [6, 6.07) is 4.67. The summed E-state index contributed by atoms with van der Waals surface area (Å²) in [6.07, 6.45) is 7.38. The first-order chi connectivity index (χ1) is 8.22. The highest BCUT2D eigenvalue weighted by Crippen LogP contribution is 2.16. The van der Waals surface area contributed by atoms with Crippen molar-refractivity contribution in [3.05, 3.63) is 42.0 Å². The zero-order valence-corrected chi connectivity index (χ0v) is 10.7. The average molecular weight is 232 g/mol. The van der Waals surface area contributed by atoms with Gasteiger partial charge in [-0.25, -0.2) is 0 Å². The highest BCUT2D eigenvalue weighted by atomic mass is 15.3. The highest BCUT2D eigenvalue weighted by Gasteiger charge is 2.08. The van der Waals surface area contributed by atoms with Crippen LogP contribution in [0.1, 0.15) is 30.6 Å². The molecule has 0 saturated heterocycles. The number of nitrogens with one attached hydrogen (secondary N) is 1. The van der Waals surface area contributed by atoms with Crippen molar-refractivity contribution in [3.8, 4) is 0 Å². The molecule has 0 radical (unpaired) electrons. The molecule has 2 heterocycles. The van der Waals surface area contributed by atoms with Crippen molar-refractivity contribution in [2.45, 2.75) is 25.9 Å². The van der Waals surface area contributed by atoms with Crippen LogP contribution in [0.4, 0.5) is 0 Å². The SMILES string of the molecule is CCC(NC)c1ccn(Cc2ccn(C)n2)c1. The summed E-state index contributed by atoms with van der Waals surface area (Å²) in [5.41, 5.74) is 2.43. The van der Waals surface area contributed by atoms with Gasteiger partial charge >= 0.3 is 0 Å². The van der Waals surface area contributed by atoms with E-state index in [4.69, 9.17) is 0 Å². The van der Waals surface area contributed by atoms with Crippen LogP contribution in [0.25, 0.3) is 0 Å². The molecule has 0 saturated carbocycles. The lowest BCUT2D eigenvalue weighted by Gasteiger charge is -2.11. The third-order valence-electron chi connectivity index (χ3n) is 3.05. The van der Waals surface area contributed by atoms with Gasteiger partial charge in [0.15, 0.2) is 0 Å². The molecule has 17 heavy (non-hydrogen) atoms. The van der Waals surface area contributed by atoms with Crippen molar-refractivity contribution in [2.75, 3.05) is 7.05 Å². The number of aryl methyl sites for hydroxylation is 1. The molecule has 0 aromatic carbocycles. The molecule has 2 rings (SSSR count). The van der Waals surface area contributed by atoms with Crippen LogP contribution in [-0.4, -0.2) is 21.4 Å². The van der Waals surface area contributed by atoms with Crippen LogP contribution in [0, 0.1) is 0 Å². The van der Waals surface area contributed by atoms with E-state index in [1.54, 1.807) is 0 Å². The van der Waals surface area contributed by atoms with E-state index in [2.05, 4.69) is 46.4 Å². The lowest BCUT2D eigenvalue weighted by molar-refractivity contribution is 0.575. The summed E-state index contributed by atoms with van der Waals surface area (Å²) in [5.74, 6) is 0. The second kappa shape index (κ2) is 5.19.